The topological polar surface area (TPSA) is 52.9 Å². The Morgan fingerprint density at radius 2 is 1.90 bits per heavy atom. The number of nitrogens with one attached hydrogen (secondary N) is 1. The summed E-state index contributed by atoms with van der Waals surface area (Å²) in [6.45, 7) is 0. The van der Waals surface area contributed by atoms with Crippen molar-refractivity contribution in [1.82, 2.24) is 0 Å². The van der Waals surface area contributed by atoms with Gasteiger partial charge in [0.15, 0.2) is 0 Å². The lowest BCUT2D eigenvalue weighted by molar-refractivity contribution is 0.102. The fourth-order valence-electron chi connectivity index (χ4n) is 1.55. The van der Waals surface area contributed by atoms with Gasteiger partial charge in [-0.3, -0.25) is 4.79 Å². The number of halogens is 3. The van der Waals surface area contributed by atoms with Crippen LogP contribution in [-0.2, 0) is 0 Å². The van der Waals surface area contributed by atoms with Crippen LogP contribution in [0.15, 0.2) is 45.3 Å². The number of anilines is 1. The molecule has 0 aliphatic heterocycles. The molecule has 6 heteroatoms. The third-order valence-corrected chi connectivity index (χ3v) is 4.07. The minimum absolute atomic E-state index is 0.265. The molecule has 2 rings (SSSR count). The van der Waals surface area contributed by atoms with Crippen LogP contribution in [0.2, 0.25) is 5.02 Å². The summed E-state index contributed by atoms with van der Waals surface area (Å²) in [6.07, 6.45) is 0. The molecule has 0 spiro atoms. The van der Waals surface area contributed by atoms with Crippen LogP contribution in [0, 0.1) is 11.3 Å². The molecule has 0 saturated heterocycles. The van der Waals surface area contributed by atoms with Crippen LogP contribution in [0.4, 0.5) is 5.69 Å². The van der Waals surface area contributed by atoms with E-state index in [2.05, 4.69) is 37.2 Å². The molecule has 0 fully saturated rings. The fraction of sp³-hybridized carbons (Fsp3) is 0. The largest absolute Gasteiger partial charge is 0.321 e. The molecule has 100 valence electrons. The Bertz CT molecular complexity index is 726. The first-order valence-electron chi connectivity index (χ1n) is 5.47. The van der Waals surface area contributed by atoms with Crippen LogP contribution in [0.5, 0.6) is 0 Å². The first kappa shape index (κ1) is 15.0. The number of amides is 1. The Morgan fingerprint density at radius 1 is 1.15 bits per heavy atom. The number of carbonyl (C=O) groups excluding carboxylic acids is 1. The summed E-state index contributed by atoms with van der Waals surface area (Å²) in [4.78, 5) is 12.2. The van der Waals surface area contributed by atoms with Crippen molar-refractivity contribution < 1.29 is 4.79 Å². The maximum Gasteiger partial charge on any atom is 0.256 e. The molecule has 0 aliphatic carbocycles. The Kier molecular flexibility index (Phi) is 4.81. The number of nitriles is 1. The van der Waals surface area contributed by atoms with Crippen LogP contribution in [-0.4, -0.2) is 5.91 Å². The minimum atomic E-state index is -0.265. The first-order chi connectivity index (χ1) is 9.51. The molecule has 0 aromatic heterocycles. The third kappa shape index (κ3) is 3.40. The van der Waals surface area contributed by atoms with Gasteiger partial charge in [0.05, 0.1) is 22.9 Å². The van der Waals surface area contributed by atoms with E-state index in [4.69, 9.17) is 16.9 Å². The second kappa shape index (κ2) is 6.40. The highest BCUT2D eigenvalue weighted by Crippen LogP contribution is 2.26. The maximum absolute atomic E-state index is 12.2. The van der Waals surface area contributed by atoms with Crippen molar-refractivity contribution in [1.29, 1.82) is 5.26 Å². The molecule has 0 unspecified atom stereocenters. The van der Waals surface area contributed by atoms with Crippen molar-refractivity contribution in [3.8, 4) is 6.07 Å². The quantitative estimate of drug-likeness (QED) is 0.753. The summed E-state index contributed by atoms with van der Waals surface area (Å²) in [5.41, 5.74) is 1.59. The molecule has 0 heterocycles. The van der Waals surface area contributed by atoms with Gasteiger partial charge in [-0.25, -0.2) is 0 Å². The highest BCUT2D eigenvalue weighted by molar-refractivity contribution is 9.11. The van der Waals surface area contributed by atoms with Gasteiger partial charge in [0.25, 0.3) is 5.91 Å². The van der Waals surface area contributed by atoms with Crippen molar-refractivity contribution >= 4 is 55.1 Å². The van der Waals surface area contributed by atoms with Gasteiger partial charge in [0.2, 0.25) is 0 Å². The van der Waals surface area contributed by atoms with E-state index in [1.54, 1.807) is 36.4 Å². The highest BCUT2D eigenvalue weighted by atomic mass is 79.9. The van der Waals surface area contributed by atoms with E-state index in [0.29, 0.717) is 30.8 Å². The standard InChI is InChI=1S/C14H7Br2ClN2O/c15-11-6-9(17)2-3-10(11)14(20)19-13-4-1-8(7-18)5-12(13)16/h1-6H,(H,19,20). The van der Waals surface area contributed by atoms with Gasteiger partial charge in [-0.15, -0.1) is 0 Å². The Balaban J connectivity index is 2.26. The van der Waals surface area contributed by atoms with Gasteiger partial charge in [0.1, 0.15) is 0 Å². The number of rotatable bonds is 2. The molecular weight excluding hydrogens is 407 g/mol. The zero-order chi connectivity index (χ0) is 14.7. The second-order valence-corrected chi connectivity index (χ2v) is 6.03. The molecule has 1 N–H and O–H groups in total. The zero-order valence-corrected chi connectivity index (χ0v) is 13.9. The minimum Gasteiger partial charge on any atom is -0.321 e. The second-order valence-electron chi connectivity index (χ2n) is 3.88. The monoisotopic (exact) mass is 412 g/mol. The average Bonchev–Trinajstić information content (AvgIpc) is 2.40. The van der Waals surface area contributed by atoms with Gasteiger partial charge < -0.3 is 5.32 Å². The summed E-state index contributed by atoms with van der Waals surface area (Å²) in [5.74, 6) is -0.265. The summed E-state index contributed by atoms with van der Waals surface area (Å²) in [5, 5.41) is 12.1. The third-order valence-electron chi connectivity index (χ3n) is 2.52. The molecule has 0 aliphatic rings. The van der Waals surface area contributed by atoms with E-state index in [0.717, 1.165) is 0 Å². The molecule has 2 aromatic rings. The van der Waals surface area contributed by atoms with E-state index < -0.39 is 0 Å². The normalized spacial score (nSPS) is 9.90. The van der Waals surface area contributed by atoms with Crippen molar-refractivity contribution in [2.24, 2.45) is 0 Å². The van der Waals surface area contributed by atoms with E-state index in [9.17, 15) is 4.79 Å². The number of hydrogen-bond acceptors (Lipinski definition) is 2. The fourth-order valence-corrected chi connectivity index (χ4v) is 2.89. The molecule has 20 heavy (non-hydrogen) atoms. The van der Waals surface area contributed by atoms with Gasteiger partial charge in [-0.2, -0.15) is 5.26 Å². The lowest BCUT2D eigenvalue weighted by Gasteiger charge is -2.09. The van der Waals surface area contributed by atoms with Crippen LogP contribution in [0.1, 0.15) is 15.9 Å². The molecule has 1 amide bonds. The predicted molar refractivity (Wildman–Crippen MR) is 86.0 cm³/mol. The SMILES string of the molecule is N#Cc1ccc(NC(=O)c2ccc(Cl)cc2Br)c(Br)c1. The molecule has 3 nitrogen and oxygen atoms in total. The molecular formula is C14H7Br2ClN2O. The summed E-state index contributed by atoms with van der Waals surface area (Å²) >= 11 is 12.5. The Morgan fingerprint density at radius 3 is 2.50 bits per heavy atom. The Labute approximate surface area is 137 Å². The van der Waals surface area contributed by atoms with E-state index in [1.807, 2.05) is 6.07 Å². The van der Waals surface area contributed by atoms with Gasteiger partial charge >= 0.3 is 0 Å². The van der Waals surface area contributed by atoms with Crippen molar-refractivity contribution in [3.63, 3.8) is 0 Å². The lowest BCUT2D eigenvalue weighted by atomic mass is 10.2. The van der Waals surface area contributed by atoms with E-state index in [1.165, 1.54) is 0 Å². The maximum atomic E-state index is 12.2. The highest BCUT2D eigenvalue weighted by Gasteiger charge is 2.12. The first-order valence-corrected chi connectivity index (χ1v) is 7.43. The smallest absolute Gasteiger partial charge is 0.256 e. The summed E-state index contributed by atoms with van der Waals surface area (Å²) < 4.78 is 1.27. The molecule has 2 aromatic carbocycles. The van der Waals surface area contributed by atoms with Gasteiger partial charge in [0, 0.05) is 14.0 Å². The lowest BCUT2D eigenvalue weighted by Crippen LogP contribution is -2.13. The average molecular weight is 414 g/mol. The van der Waals surface area contributed by atoms with Crippen LogP contribution >= 0.6 is 43.5 Å². The van der Waals surface area contributed by atoms with Gasteiger partial charge in [-0.05, 0) is 68.3 Å². The predicted octanol–water partition coefficient (Wildman–Crippen LogP) is 4.99. The molecule has 0 radical (unpaired) electrons. The molecule has 0 atom stereocenters. The number of benzene rings is 2. The van der Waals surface area contributed by atoms with Crippen molar-refractivity contribution in [3.05, 3.63) is 61.5 Å². The summed E-state index contributed by atoms with van der Waals surface area (Å²) in [7, 11) is 0. The van der Waals surface area contributed by atoms with Crippen molar-refractivity contribution in [2.45, 2.75) is 0 Å². The molecule has 0 saturated carbocycles. The zero-order valence-electron chi connectivity index (χ0n) is 9.95. The van der Waals surface area contributed by atoms with Crippen molar-refractivity contribution in [2.75, 3.05) is 5.32 Å². The Hall–Kier alpha value is -1.35. The van der Waals surface area contributed by atoms with Crippen LogP contribution in [0.25, 0.3) is 0 Å². The van der Waals surface area contributed by atoms with E-state index >= 15 is 0 Å². The summed E-state index contributed by atoms with van der Waals surface area (Å²) in [6, 6.07) is 11.9. The van der Waals surface area contributed by atoms with Crippen LogP contribution in [0.3, 0.4) is 0 Å². The van der Waals surface area contributed by atoms with Crippen LogP contribution < -0.4 is 5.32 Å². The molecule has 0 bridgehead atoms. The number of nitrogens with zero attached hydrogens (tertiary/aromatic N) is 1. The number of carbonyl (C=O) groups is 1. The van der Waals surface area contributed by atoms with E-state index in [-0.39, 0.29) is 5.91 Å². The van der Waals surface area contributed by atoms with Gasteiger partial charge in [-0.1, -0.05) is 11.6 Å². The number of hydrogen-bond donors (Lipinski definition) is 1.